The molecule has 0 saturated heterocycles. The van der Waals surface area contributed by atoms with E-state index in [0.29, 0.717) is 22.9 Å². The van der Waals surface area contributed by atoms with Crippen LogP contribution in [0.5, 0.6) is 0 Å². The first-order chi connectivity index (χ1) is 17.4. The van der Waals surface area contributed by atoms with Crippen molar-refractivity contribution in [2.75, 3.05) is 13.6 Å². The Labute approximate surface area is 226 Å². The molecule has 3 aliphatic carbocycles. The lowest BCUT2D eigenvalue weighted by atomic mass is 9.38. The van der Waals surface area contributed by atoms with Gasteiger partial charge in [-0.05, 0) is 64.8 Å². The minimum Gasteiger partial charge on any atom is -0.360 e. The van der Waals surface area contributed by atoms with Gasteiger partial charge in [0.25, 0.3) is 0 Å². The smallest absolute Gasteiger partial charge is 0.348 e. The van der Waals surface area contributed by atoms with E-state index < -0.39 is 12.6 Å². The van der Waals surface area contributed by atoms with Gasteiger partial charge in [-0.2, -0.15) is 10.4 Å². The Bertz CT molecular complexity index is 989. The van der Waals surface area contributed by atoms with Gasteiger partial charge in [-0.3, -0.25) is 4.90 Å². The fourth-order valence-corrected chi connectivity index (χ4v) is 5.53. The molecule has 206 valence electrons. The van der Waals surface area contributed by atoms with E-state index in [9.17, 15) is 18.5 Å². The zero-order chi connectivity index (χ0) is 28.0. The maximum absolute atomic E-state index is 12.3. The number of carbonyl (C=O) groups is 2. The van der Waals surface area contributed by atoms with Gasteiger partial charge in [0.2, 0.25) is 6.43 Å². The quantitative estimate of drug-likeness (QED) is 0.241. The van der Waals surface area contributed by atoms with Crippen LogP contribution < -0.4 is 10.7 Å². The van der Waals surface area contributed by atoms with E-state index in [1.807, 2.05) is 45.8 Å². The molecule has 3 saturated carbocycles. The highest BCUT2D eigenvalue weighted by molar-refractivity contribution is 6.42. The summed E-state index contributed by atoms with van der Waals surface area (Å²) in [5, 5.41) is 4.72. The Kier molecular flexibility index (Phi) is 10.6. The van der Waals surface area contributed by atoms with Crippen molar-refractivity contribution in [3.8, 4) is 0 Å². The maximum atomic E-state index is 12.3. The predicted molar refractivity (Wildman–Crippen MR) is 141 cm³/mol. The first kappa shape index (κ1) is 31.1. The van der Waals surface area contributed by atoms with E-state index in [1.54, 1.807) is 0 Å². The minimum atomic E-state index is -2.33. The molecule has 1 aromatic rings. The fourth-order valence-electron chi connectivity index (χ4n) is 5.21. The van der Waals surface area contributed by atoms with E-state index in [0.717, 1.165) is 36.5 Å². The van der Waals surface area contributed by atoms with Gasteiger partial charge < -0.3 is 14.9 Å². The SMILES string of the molecule is C=O.CCN[N+](=O)[C@@H]1N=C(C23CC(N(C)Cc4ccc(Cl)c(Cl)c4)(C2)C3)NC1(C)C.O=CCCC(F)F. The van der Waals surface area contributed by atoms with Crippen LogP contribution in [0.3, 0.4) is 0 Å². The lowest BCUT2D eigenvalue weighted by molar-refractivity contribution is -0.645. The van der Waals surface area contributed by atoms with Crippen LogP contribution >= 0.6 is 23.2 Å². The third kappa shape index (κ3) is 6.83. The van der Waals surface area contributed by atoms with E-state index in [1.165, 1.54) is 5.56 Å². The van der Waals surface area contributed by atoms with Crippen LogP contribution in [-0.2, 0) is 16.1 Å². The van der Waals surface area contributed by atoms with Gasteiger partial charge in [-0.15, -0.1) is 0 Å². The Morgan fingerprint density at radius 3 is 2.38 bits per heavy atom. The van der Waals surface area contributed by atoms with Crippen LogP contribution in [-0.4, -0.2) is 65.9 Å². The molecule has 0 radical (unpaired) electrons. The summed E-state index contributed by atoms with van der Waals surface area (Å²) in [6.07, 6.45) is 0.616. The summed E-state index contributed by atoms with van der Waals surface area (Å²) in [6.45, 7) is 9.42. The summed E-state index contributed by atoms with van der Waals surface area (Å²) in [5.74, 6) is 1.01. The van der Waals surface area contributed by atoms with Crippen LogP contribution in [0, 0.1) is 10.3 Å². The van der Waals surface area contributed by atoms with Gasteiger partial charge in [0.05, 0.1) is 21.5 Å². The fraction of sp³-hybridized carbons (Fsp3) is 0.640. The zero-order valence-electron chi connectivity index (χ0n) is 21.7. The van der Waals surface area contributed by atoms with Gasteiger partial charge in [0, 0.05) is 30.3 Å². The van der Waals surface area contributed by atoms with Crippen LogP contribution in [0.1, 0.15) is 58.4 Å². The molecule has 1 atom stereocenters. The number of aliphatic imine (C=N–C) groups is 1. The lowest BCUT2D eigenvalue weighted by Gasteiger charge is -2.73. The standard InChI is InChI=1S/C20H28Cl2N5O.C4H6F2O.CH2O/c1-5-23-27(28)17-18(2,3)25-16(24-17)19-10-20(11-19,12-19)26(4)9-13-6-7-14(21)15(22)8-13;5-4(6)2-1-3-7;1-2/h6-8,17H,5,9-12H2,1-4H3,(H,23,28)(H,24,25);3-4H,1-2H2;1H2/q+1;;/t17-,19?,20?;;/m0../s1. The van der Waals surface area contributed by atoms with Gasteiger partial charge in [-0.25, -0.2) is 8.78 Å². The molecule has 8 nitrogen and oxygen atoms in total. The summed E-state index contributed by atoms with van der Waals surface area (Å²) in [6, 6.07) is 5.83. The molecule has 1 aliphatic heterocycles. The minimum absolute atomic E-state index is 0.0301. The van der Waals surface area contributed by atoms with Crippen LogP contribution in [0.15, 0.2) is 23.2 Å². The number of aldehydes is 1. The molecule has 0 unspecified atom stereocenters. The Hall–Kier alpha value is -2.17. The average molecular weight is 563 g/mol. The highest BCUT2D eigenvalue weighted by atomic mass is 35.5. The van der Waals surface area contributed by atoms with Crippen LogP contribution in [0.2, 0.25) is 10.0 Å². The molecule has 37 heavy (non-hydrogen) atoms. The average Bonchev–Trinajstić information content (AvgIpc) is 3.10. The number of halogens is 4. The van der Waals surface area contributed by atoms with Gasteiger partial charge in [0.15, 0.2) is 0 Å². The monoisotopic (exact) mass is 562 g/mol. The number of carbonyl (C=O) groups excluding carboxylic acids is 2. The molecular formula is C25H36Cl2F2N5O3+. The number of amidine groups is 1. The lowest BCUT2D eigenvalue weighted by Crippen LogP contribution is -2.77. The van der Waals surface area contributed by atoms with Crippen molar-refractivity contribution in [3.05, 3.63) is 38.7 Å². The molecule has 0 spiro atoms. The number of nitroso groups, excluding NO2 is 1. The molecule has 3 fully saturated rings. The Morgan fingerprint density at radius 1 is 1.27 bits per heavy atom. The van der Waals surface area contributed by atoms with Crippen molar-refractivity contribution >= 4 is 42.1 Å². The van der Waals surface area contributed by atoms with Gasteiger partial charge in [-0.1, -0.05) is 29.3 Å². The number of rotatable bonds is 10. The molecule has 2 N–H and O–H groups in total. The topological polar surface area (TPSA) is 93.9 Å². The summed E-state index contributed by atoms with van der Waals surface area (Å²) >= 11 is 12.2. The summed E-state index contributed by atoms with van der Waals surface area (Å²) in [7, 11) is 2.17. The molecule has 1 aromatic carbocycles. The number of benzene rings is 1. The molecule has 4 aliphatic rings. The molecule has 12 heteroatoms. The van der Waals surface area contributed by atoms with E-state index >= 15 is 0 Å². The van der Waals surface area contributed by atoms with Crippen molar-refractivity contribution in [2.45, 2.75) is 83.1 Å². The van der Waals surface area contributed by atoms with Crippen molar-refractivity contribution in [1.29, 1.82) is 0 Å². The number of nitrogens with zero attached hydrogens (tertiary/aromatic N) is 3. The summed E-state index contributed by atoms with van der Waals surface area (Å²) in [5.41, 5.74) is 3.94. The zero-order valence-corrected chi connectivity index (χ0v) is 23.2. The number of alkyl halides is 2. The second-order valence-electron chi connectivity index (χ2n) is 10.3. The van der Waals surface area contributed by atoms with Gasteiger partial charge >= 0.3 is 6.17 Å². The normalized spacial score (nSPS) is 26.3. The Balaban J connectivity index is 0.000000465. The number of nitrogens with one attached hydrogen (secondary N) is 2. The number of hydrogen-bond donors (Lipinski definition) is 2. The van der Waals surface area contributed by atoms with Crippen LogP contribution in [0.4, 0.5) is 8.78 Å². The third-order valence-electron chi connectivity index (χ3n) is 7.09. The third-order valence-corrected chi connectivity index (χ3v) is 7.83. The highest BCUT2D eigenvalue weighted by Crippen LogP contribution is 2.70. The van der Waals surface area contributed by atoms with E-state index in [2.05, 4.69) is 22.7 Å². The molecule has 0 aromatic heterocycles. The summed E-state index contributed by atoms with van der Waals surface area (Å²) < 4.78 is 22.1. The first-order valence-electron chi connectivity index (χ1n) is 12.1. The van der Waals surface area contributed by atoms with E-state index in [4.69, 9.17) is 33.0 Å². The first-order valence-corrected chi connectivity index (χ1v) is 12.9. The van der Waals surface area contributed by atoms with Crippen LogP contribution in [0.25, 0.3) is 0 Å². The van der Waals surface area contributed by atoms with Crippen molar-refractivity contribution in [2.24, 2.45) is 10.4 Å². The highest BCUT2D eigenvalue weighted by Gasteiger charge is 2.73. The van der Waals surface area contributed by atoms with Gasteiger partial charge in [0.1, 0.15) is 29.3 Å². The summed E-state index contributed by atoms with van der Waals surface area (Å²) in [4.78, 5) is 37.8. The number of hydrazine groups is 1. The molecule has 1 heterocycles. The molecule has 0 amide bonds. The second-order valence-corrected chi connectivity index (χ2v) is 11.1. The molecular weight excluding hydrogens is 527 g/mol. The largest absolute Gasteiger partial charge is 0.360 e. The second kappa shape index (κ2) is 12.6. The number of hydrogen-bond acceptors (Lipinski definition) is 6. The predicted octanol–water partition coefficient (Wildman–Crippen LogP) is 4.80. The van der Waals surface area contributed by atoms with Crippen molar-refractivity contribution in [1.82, 2.24) is 15.6 Å². The molecule has 2 bridgehead atoms. The maximum Gasteiger partial charge on any atom is 0.348 e. The Morgan fingerprint density at radius 2 is 1.89 bits per heavy atom. The van der Waals surface area contributed by atoms with Crippen molar-refractivity contribution < 1.29 is 23.2 Å². The molecule has 5 rings (SSSR count). The van der Waals surface area contributed by atoms with E-state index in [-0.39, 0.29) is 29.3 Å². The van der Waals surface area contributed by atoms with Crippen molar-refractivity contribution in [3.63, 3.8) is 0 Å².